The summed E-state index contributed by atoms with van der Waals surface area (Å²) >= 11 is 0. The summed E-state index contributed by atoms with van der Waals surface area (Å²) in [4.78, 5) is 34.1. The van der Waals surface area contributed by atoms with Gasteiger partial charge in [0, 0.05) is 18.7 Å². The van der Waals surface area contributed by atoms with Crippen LogP contribution in [0.2, 0.25) is 0 Å². The van der Waals surface area contributed by atoms with Crippen molar-refractivity contribution in [1.82, 2.24) is 24.2 Å². The Bertz CT molecular complexity index is 1170. The summed E-state index contributed by atoms with van der Waals surface area (Å²) in [6.45, 7) is 1.78. The number of aliphatic hydroxyl groups excluding tert-OH is 1. The van der Waals surface area contributed by atoms with Crippen molar-refractivity contribution >= 4 is 21.2 Å². The maximum atomic E-state index is 12.4. The van der Waals surface area contributed by atoms with Crippen LogP contribution in [-0.4, -0.2) is 46.2 Å². The van der Waals surface area contributed by atoms with Gasteiger partial charge in [0.2, 0.25) is 10.0 Å². The molecule has 2 aromatic heterocycles. The molecule has 11 heteroatoms. The Morgan fingerprint density at radius 3 is 2.52 bits per heavy atom. The van der Waals surface area contributed by atoms with Crippen molar-refractivity contribution in [3.63, 3.8) is 0 Å². The third kappa shape index (κ3) is 3.70. The molecule has 0 saturated carbocycles. The molecule has 0 radical (unpaired) electrons. The van der Waals surface area contributed by atoms with Crippen LogP contribution in [0.4, 0.5) is 0 Å². The minimum absolute atomic E-state index is 0.0366. The van der Waals surface area contributed by atoms with Gasteiger partial charge >= 0.3 is 5.69 Å². The number of aliphatic hydroxyl groups is 1. The van der Waals surface area contributed by atoms with E-state index in [1.54, 1.807) is 0 Å². The van der Waals surface area contributed by atoms with E-state index < -0.39 is 21.3 Å². The fraction of sp³-hybridized carbons (Fsp3) is 0.312. The quantitative estimate of drug-likeness (QED) is 0.435. The highest BCUT2D eigenvalue weighted by Gasteiger charge is 2.15. The molecule has 0 aliphatic carbocycles. The zero-order chi connectivity index (χ0) is 19.6. The number of hydrogen-bond donors (Lipinski definition) is 4. The number of nitrogens with one attached hydrogen (secondary N) is 3. The predicted octanol–water partition coefficient (Wildman–Crippen LogP) is -0.239. The van der Waals surface area contributed by atoms with Crippen LogP contribution in [-0.2, 0) is 16.6 Å². The number of hydrogen-bond acceptors (Lipinski definition) is 6. The van der Waals surface area contributed by atoms with E-state index in [1.807, 2.05) is 6.92 Å². The first-order chi connectivity index (χ1) is 12.9. The predicted molar refractivity (Wildman–Crippen MR) is 99.0 cm³/mol. The second kappa shape index (κ2) is 7.47. The van der Waals surface area contributed by atoms with Crippen LogP contribution < -0.4 is 16.0 Å². The second-order valence-corrected chi connectivity index (χ2v) is 7.61. The summed E-state index contributed by atoms with van der Waals surface area (Å²) in [7, 11) is -3.71. The number of fused-ring (bicyclic) bond motifs is 1. The van der Waals surface area contributed by atoms with Gasteiger partial charge in [-0.15, -0.1) is 0 Å². The number of H-pyrrole nitrogens is 2. The number of rotatable bonds is 7. The molecule has 0 saturated heterocycles. The standard InChI is InChI=1S/C16H19N5O5S/c1-2-8-21-15(23)12-14(20-16(21)24)19-13(18-12)10-3-5-11(6-4-10)27(25,26)17-7-9-22/h3-6,17,22H,2,7-9H2,1H3,(H,18,19)(H,20,24). The maximum absolute atomic E-state index is 12.4. The molecule has 0 bridgehead atoms. The molecule has 0 unspecified atom stereocenters. The SMILES string of the molecule is CCCn1c(=O)[nH]c2nc(-c3ccc(S(=O)(=O)NCCO)cc3)[nH]c2c1=O. The van der Waals surface area contributed by atoms with E-state index in [2.05, 4.69) is 19.7 Å². The largest absolute Gasteiger partial charge is 0.395 e. The molecule has 0 aliphatic rings. The van der Waals surface area contributed by atoms with E-state index in [4.69, 9.17) is 5.11 Å². The fourth-order valence-electron chi connectivity index (χ4n) is 2.63. The van der Waals surface area contributed by atoms with Gasteiger partial charge in [-0.25, -0.2) is 22.9 Å². The van der Waals surface area contributed by atoms with E-state index in [1.165, 1.54) is 24.3 Å². The smallest absolute Gasteiger partial charge is 0.330 e. The molecule has 0 atom stereocenters. The van der Waals surface area contributed by atoms with Crippen LogP contribution in [0.5, 0.6) is 0 Å². The highest BCUT2D eigenvalue weighted by atomic mass is 32.2. The summed E-state index contributed by atoms with van der Waals surface area (Å²) in [5.74, 6) is 0.333. The second-order valence-electron chi connectivity index (χ2n) is 5.84. The first-order valence-electron chi connectivity index (χ1n) is 8.31. The van der Waals surface area contributed by atoms with E-state index in [0.717, 1.165) is 4.57 Å². The molecule has 27 heavy (non-hydrogen) atoms. The summed E-state index contributed by atoms with van der Waals surface area (Å²) in [5, 5.41) is 8.74. The highest BCUT2D eigenvalue weighted by molar-refractivity contribution is 7.89. The summed E-state index contributed by atoms with van der Waals surface area (Å²) in [6, 6.07) is 5.85. The van der Waals surface area contributed by atoms with Gasteiger partial charge < -0.3 is 10.1 Å². The zero-order valence-corrected chi connectivity index (χ0v) is 15.3. The van der Waals surface area contributed by atoms with Crippen molar-refractivity contribution in [2.75, 3.05) is 13.2 Å². The Kier molecular flexibility index (Phi) is 5.26. The molecule has 3 rings (SSSR count). The number of aromatic amines is 2. The lowest BCUT2D eigenvalue weighted by Gasteiger charge is -2.05. The Labute approximate surface area is 154 Å². The lowest BCUT2D eigenvalue weighted by atomic mass is 10.2. The molecule has 10 nitrogen and oxygen atoms in total. The molecule has 0 amide bonds. The molecule has 1 aromatic carbocycles. The van der Waals surface area contributed by atoms with Gasteiger partial charge in [-0.3, -0.25) is 14.3 Å². The third-order valence-electron chi connectivity index (χ3n) is 3.92. The van der Waals surface area contributed by atoms with Crippen molar-refractivity contribution < 1.29 is 13.5 Å². The fourth-order valence-corrected chi connectivity index (χ4v) is 3.65. The zero-order valence-electron chi connectivity index (χ0n) is 14.5. The summed E-state index contributed by atoms with van der Waals surface area (Å²) in [6.07, 6.45) is 0.635. The van der Waals surface area contributed by atoms with Crippen molar-refractivity contribution in [1.29, 1.82) is 0 Å². The van der Waals surface area contributed by atoms with Gasteiger partial charge in [-0.05, 0) is 30.7 Å². The number of nitrogens with zero attached hydrogens (tertiary/aromatic N) is 2. The first kappa shape index (κ1) is 19.0. The lowest BCUT2D eigenvalue weighted by Crippen LogP contribution is -2.34. The highest BCUT2D eigenvalue weighted by Crippen LogP contribution is 2.20. The van der Waals surface area contributed by atoms with Gasteiger partial charge in [0.25, 0.3) is 5.56 Å². The van der Waals surface area contributed by atoms with Crippen LogP contribution in [0.1, 0.15) is 13.3 Å². The number of sulfonamides is 1. The Morgan fingerprint density at radius 2 is 1.89 bits per heavy atom. The van der Waals surface area contributed by atoms with Crippen LogP contribution in [0.25, 0.3) is 22.6 Å². The van der Waals surface area contributed by atoms with Crippen LogP contribution in [0, 0.1) is 0 Å². The van der Waals surface area contributed by atoms with E-state index in [-0.39, 0.29) is 29.2 Å². The van der Waals surface area contributed by atoms with Gasteiger partial charge in [0.05, 0.1) is 11.5 Å². The molecule has 0 fully saturated rings. The molecule has 0 aliphatic heterocycles. The molecule has 2 heterocycles. The average molecular weight is 393 g/mol. The van der Waals surface area contributed by atoms with Crippen molar-refractivity contribution in [3.05, 3.63) is 45.1 Å². The Morgan fingerprint density at radius 1 is 1.19 bits per heavy atom. The van der Waals surface area contributed by atoms with Crippen LogP contribution in [0.15, 0.2) is 38.8 Å². The summed E-state index contributed by atoms with van der Waals surface area (Å²) < 4.78 is 27.4. The van der Waals surface area contributed by atoms with E-state index in [0.29, 0.717) is 24.4 Å². The monoisotopic (exact) mass is 393 g/mol. The van der Waals surface area contributed by atoms with Gasteiger partial charge in [0.15, 0.2) is 5.65 Å². The average Bonchev–Trinajstić information content (AvgIpc) is 3.08. The molecule has 144 valence electrons. The molecular formula is C16H19N5O5S. The molecular weight excluding hydrogens is 374 g/mol. The Hall–Kier alpha value is -2.76. The van der Waals surface area contributed by atoms with Crippen LogP contribution in [0.3, 0.4) is 0 Å². The Balaban J connectivity index is 2.00. The van der Waals surface area contributed by atoms with Crippen LogP contribution >= 0.6 is 0 Å². The van der Waals surface area contributed by atoms with Gasteiger partial charge in [-0.2, -0.15) is 0 Å². The minimum atomic E-state index is -3.71. The van der Waals surface area contributed by atoms with E-state index >= 15 is 0 Å². The maximum Gasteiger partial charge on any atom is 0.330 e. The topological polar surface area (TPSA) is 150 Å². The van der Waals surface area contributed by atoms with Gasteiger partial charge in [0.1, 0.15) is 11.3 Å². The first-order valence-corrected chi connectivity index (χ1v) is 9.79. The van der Waals surface area contributed by atoms with Crippen molar-refractivity contribution in [3.8, 4) is 11.4 Å². The normalized spacial score (nSPS) is 11.9. The number of aromatic nitrogens is 4. The van der Waals surface area contributed by atoms with Gasteiger partial charge in [-0.1, -0.05) is 6.92 Å². The van der Waals surface area contributed by atoms with Crippen molar-refractivity contribution in [2.24, 2.45) is 0 Å². The third-order valence-corrected chi connectivity index (χ3v) is 5.40. The molecule has 4 N–H and O–H groups in total. The van der Waals surface area contributed by atoms with E-state index in [9.17, 15) is 18.0 Å². The van der Waals surface area contributed by atoms with Crippen molar-refractivity contribution in [2.45, 2.75) is 24.8 Å². The number of imidazole rings is 1. The molecule has 0 spiro atoms. The number of benzene rings is 1. The molecule has 3 aromatic rings. The summed E-state index contributed by atoms with van der Waals surface area (Å²) in [5.41, 5.74) is -0.104. The minimum Gasteiger partial charge on any atom is -0.395 e. The lowest BCUT2D eigenvalue weighted by molar-refractivity contribution is 0.301.